The third-order valence-electron chi connectivity index (χ3n) is 3.41. The van der Waals surface area contributed by atoms with Crippen LogP contribution < -0.4 is 5.73 Å². The molecule has 0 fully saturated rings. The van der Waals surface area contributed by atoms with Crippen molar-refractivity contribution in [3.63, 3.8) is 0 Å². The van der Waals surface area contributed by atoms with Gasteiger partial charge in [-0.2, -0.15) is 0 Å². The molecule has 0 spiro atoms. The van der Waals surface area contributed by atoms with Crippen LogP contribution in [0.3, 0.4) is 0 Å². The summed E-state index contributed by atoms with van der Waals surface area (Å²) in [5.41, 5.74) is 7.54. The largest absolute Gasteiger partial charge is 0.319 e. The number of hydrogen-bond acceptors (Lipinski definition) is 3. The Labute approximate surface area is 121 Å². The van der Waals surface area contributed by atoms with Gasteiger partial charge in [-0.1, -0.05) is 25.4 Å². The van der Waals surface area contributed by atoms with Gasteiger partial charge in [0.25, 0.3) is 0 Å². The van der Waals surface area contributed by atoms with Crippen LogP contribution in [-0.4, -0.2) is 4.98 Å². The van der Waals surface area contributed by atoms with Gasteiger partial charge in [0.15, 0.2) is 0 Å². The molecule has 5 heteroatoms. The molecule has 19 heavy (non-hydrogen) atoms. The monoisotopic (exact) mass is 298 g/mol. The molecule has 2 rings (SSSR count). The lowest BCUT2D eigenvalue weighted by molar-refractivity contribution is 0.411. The summed E-state index contributed by atoms with van der Waals surface area (Å²) in [6.45, 7) is 4.11. The molecule has 2 N–H and O–H groups in total. The molecule has 1 aromatic heterocycles. The Morgan fingerprint density at radius 1 is 1.37 bits per heavy atom. The standard InChI is InChI=1S/C14H16ClFN2S/c1-3-14(17,4-2)13-18-12(8-19-13)9-5-6-11(16)10(15)7-9/h5-8H,3-4,17H2,1-2H3. The summed E-state index contributed by atoms with van der Waals surface area (Å²) < 4.78 is 13.1. The van der Waals surface area contributed by atoms with Gasteiger partial charge in [-0.25, -0.2) is 9.37 Å². The maximum Gasteiger partial charge on any atom is 0.141 e. The molecule has 0 saturated heterocycles. The Hall–Kier alpha value is -0.970. The van der Waals surface area contributed by atoms with Crippen molar-refractivity contribution in [3.8, 4) is 11.3 Å². The van der Waals surface area contributed by atoms with Crippen LogP contribution in [0.5, 0.6) is 0 Å². The number of aromatic nitrogens is 1. The molecular weight excluding hydrogens is 283 g/mol. The number of benzene rings is 1. The minimum absolute atomic E-state index is 0.108. The Morgan fingerprint density at radius 2 is 2.05 bits per heavy atom. The summed E-state index contributed by atoms with van der Waals surface area (Å²) in [4.78, 5) is 4.58. The fourth-order valence-electron chi connectivity index (χ4n) is 1.84. The van der Waals surface area contributed by atoms with Crippen molar-refractivity contribution in [2.75, 3.05) is 0 Å². The number of thiazole rings is 1. The molecular formula is C14H16ClFN2S. The molecule has 102 valence electrons. The first kappa shape index (κ1) is 14.4. The van der Waals surface area contributed by atoms with Crippen molar-refractivity contribution in [3.05, 3.63) is 39.4 Å². The first-order valence-electron chi connectivity index (χ1n) is 6.20. The van der Waals surface area contributed by atoms with Crippen LogP contribution in [0.25, 0.3) is 11.3 Å². The van der Waals surface area contributed by atoms with Crippen LogP contribution in [-0.2, 0) is 5.54 Å². The van der Waals surface area contributed by atoms with E-state index in [1.54, 1.807) is 12.1 Å². The summed E-state index contributed by atoms with van der Waals surface area (Å²) in [6, 6.07) is 4.62. The van der Waals surface area contributed by atoms with Gasteiger partial charge in [0, 0.05) is 10.9 Å². The summed E-state index contributed by atoms with van der Waals surface area (Å²) in [5.74, 6) is -0.420. The van der Waals surface area contributed by atoms with E-state index in [0.29, 0.717) is 0 Å². The van der Waals surface area contributed by atoms with Crippen LogP contribution >= 0.6 is 22.9 Å². The minimum Gasteiger partial charge on any atom is -0.319 e. The Kier molecular flexibility index (Phi) is 4.23. The topological polar surface area (TPSA) is 38.9 Å². The van der Waals surface area contributed by atoms with E-state index in [-0.39, 0.29) is 10.6 Å². The van der Waals surface area contributed by atoms with Gasteiger partial charge >= 0.3 is 0 Å². The lowest BCUT2D eigenvalue weighted by atomic mass is 9.95. The van der Waals surface area contributed by atoms with Crippen LogP contribution in [0.4, 0.5) is 4.39 Å². The highest BCUT2D eigenvalue weighted by molar-refractivity contribution is 7.10. The Balaban J connectivity index is 2.38. The zero-order chi connectivity index (χ0) is 14.0. The van der Waals surface area contributed by atoms with Crippen molar-refractivity contribution in [2.24, 2.45) is 5.73 Å². The number of nitrogens with zero attached hydrogens (tertiary/aromatic N) is 1. The van der Waals surface area contributed by atoms with Gasteiger partial charge in [-0.05, 0) is 31.0 Å². The molecule has 2 nitrogen and oxygen atoms in total. The zero-order valence-electron chi connectivity index (χ0n) is 10.9. The Bertz CT molecular complexity index is 579. The van der Waals surface area contributed by atoms with Crippen LogP contribution in [0, 0.1) is 5.82 Å². The predicted molar refractivity (Wildman–Crippen MR) is 79.0 cm³/mol. The molecule has 0 aliphatic carbocycles. The van der Waals surface area contributed by atoms with Gasteiger partial charge < -0.3 is 5.73 Å². The molecule has 0 saturated carbocycles. The Morgan fingerprint density at radius 3 is 2.63 bits per heavy atom. The van der Waals surface area contributed by atoms with Crippen molar-refractivity contribution in [2.45, 2.75) is 32.2 Å². The predicted octanol–water partition coefficient (Wildman–Crippen LogP) is 4.58. The smallest absolute Gasteiger partial charge is 0.141 e. The summed E-state index contributed by atoms with van der Waals surface area (Å²) >= 11 is 7.33. The van der Waals surface area contributed by atoms with E-state index in [2.05, 4.69) is 18.8 Å². The number of nitrogens with two attached hydrogens (primary N) is 1. The van der Waals surface area contributed by atoms with E-state index in [0.717, 1.165) is 29.1 Å². The molecule has 1 heterocycles. The number of rotatable bonds is 4. The number of hydrogen-bond donors (Lipinski definition) is 1. The lowest BCUT2D eigenvalue weighted by Gasteiger charge is -2.23. The molecule has 1 aromatic carbocycles. The van der Waals surface area contributed by atoms with E-state index in [1.807, 2.05) is 5.38 Å². The second-order valence-electron chi connectivity index (χ2n) is 4.53. The van der Waals surface area contributed by atoms with Crippen molar-refractivity contribution in [1.29, 1.82) is 0 Å². The molecule has 0 bridgehead atoms. The van der Waals surface area contributed by atoms with E-state index in [4.69, 9.17) is 17.3 Å². The average Bonchev–Trinajstić information content (AvgIpc) is 2.91. The van der Waals surface area contributed by atoms with Crippen LogP contribution in [0.2, 0.25) is 5.02 Å². The molecule has 0 radical (unpaired) electrons. The minimum atomic E-state index is -0.420. The van der Waals surface area contributed by atoms with Gasteiger partial charge in [0.1, 0.15) is 10.8 Å². The molecule has 0 atom stereocenters. The molecule has 0 aliphatic heterocycles. The van der Waals surface area contributed by atoms with Crippen molar-refractivity contribution < 1.29 is 4.39 Å². The summed E-state index contributed by atoms with van der Waals surface area (Å²) in [6.07, 6.45) is 1.67. The maximum atomic E-state index is 13.1. The van der Waals surface area contributed by atoms with Gasteiger partial charge in [-0.15, -0.1) is 11.3 Å². The fourth-order valence-corrected chi connectivity index (χ4v) is 3.11. The van der Waals surface area contributed by atoms with E-state index in [1.165, 1.54) is 17.4 Å². The highest BCUT2D eigenvalue weighted by atomic mass is 35.5. The van der Waals surface area contributed by atoms with Crippen molar-refractivity contribution >= 4 is 22.9 Å². The third-order valence-corrected chi connectivity index (χ3v) is 4.76. The highest BCUT2D eigenvalue weighted by Crippen LogP contribution is 2.32. The SMILES string of the molecule is CCC(N)(CC)c1nc(-c2ccc(F)c(Cl)c2)cs1. The van der Waals surface area contributed by atoms with Crippen LogP contribution in [0.1, 0.15) is 31.7 Å². The molecule has 0 amide bonds. The first-order valence-corrected chi connectivity index (χ1v) is 7.46. The first-order chi connectivity index (χ1) is 9.00. The van der Waals surface area contributed by atoms with E-state index >= 15 is 0 Å². The van der Waals surface area contributed by atoms with Gasteiger partial charge in [0.2, 0.25) is 0 Å². The van der Waals surface area contributed by atoms with Gasteiger partial charge in [-0.3, -0.25) is 0 Å². The van der Waals surface area contributed by atoms with E-state index in [9.17, 15) is 4.39 Å². The molecule has 0 aliphatic rings. The van der Waals surface area contributed by atoms with Gasteiger partial charge in [0.05, 0.1) is 16.3 Å². The lowest BCUT2D eigenvalue weighted by Crippen LogP contribution is -2.34. The third kappa shape index (κ3) is 2.81. The van der Waals surface area contributed by atoms with E-state index < -0.39 is 5.82 Å². The molecule has 2 aromatic rings. The number of halogens is 2. The highest BCUT2D eigenvalue weighted by Gasteiger charge is 2.26. The molecule has 0 unspecified atom stereocenters. The summed E-state index contributed by atoms with van der Waals surface area (Å²) in [5, 5.41) is 2.95. The maximum absolute atomic E-state index is 13.1. The zero-order valence-corrected chi connectivity index (χ0v) is 12.5. The fraction of sp³-hybridized carbons (Fsp3) is 0.357. The second kappa shape index (κ2) is 5.57. The normalized spacial score (nSPS) is 11.8. The van der Waals surface area contributed by atoms with Crippen LogP contribution in [0.15, 0.2) is 23.6 Å². The van der Waals surface area contributed by atoms with Crippen molar-refractivity contribution in [1.82, 2.24) is 4.98 Å². The average molecular weight is 299 g/mol. The summed E-state index contributed by atoms with van der Waals surface area (Å²) in [7, 11) is 0. The second-order valence-corrected chi connectivity index (χ2v) is 5.80. The quantitative estimate of drug-likeness (QED) is 0.897.